The Labute approximate surface area is 234 Å². The zero-order valence-corrected chi connectivity index (χ0v) is 22.1. The van der Waals surface area contributed by atoms with Gasteiger partial charge < -0.3 is 20.7 Å². The minimum Gasteiger partial charge on any atom is -0.496 e. The fourth-order valence-electron chi connectivity index (χ4n) is 4.95. The Morgan fingerprint density at radius 2 is 1.85 bits per heavy atom. The number of benzene rings is 3. The lowest BCUT2D eigenvalue weighted by Crippen LogP contribution is -2.48. The Morgan fingerprint density at radius 3 is 2.56 bits per heavy atom. The van der Waals surface area contributed by atoms with E-state index < -0.39 is 11.7 Å². The van der Waals surface area contributed by atoms with E-state index in [9.17, 15) is 14.0 Å². The minimum absolute atomic E-state index is 0.0839. The third-order valence-electron chi connectivity index (χ3n) is 7.21. The van der Waals surface area contributed by atoms with Crippen LogP contribution in [0, 0.1) is 5.82 Å². The summed E-state index contributed by atoms with van der Waals surface area (Å²) in [5, 5.41) is 8.40. The average molecular weight is 552 g/mol. The van der Waals surface area contributed by atoms with Gasteiger partial charge in [0, 0.05) is 36.4 Å². The maximum atomic E-state index is 13.7. The standard InChI is InChI=1S/C30H26FN7O3/c1-41-25-11-8-21(31)12-24(25)30(40)33-13-18-2-6-20(7-3-18)27-26-28(32)34-17-35-29(26)38(36-27)23-14-37(15-23)22-9-4-19(16-39)5-10-22/h2-12,16-17,23H,13-15H2,1H3,(H,33,40)(H2,32,34,35). The van der Waals surface area contributed by atoms with E-state index in [4.69, 9.17) is 15.6 Å². The summed E-state index contributed by atoms with van der Waals surface area (Å²) in [7, 11) is 1.43. The molecule has 1 aliphatic heterocycles. The monoisotopic (exact) mass is 551 g/mol. The van der Waals surface area contributed by atoms with Crippen molar-refractivity contribution >= 4 is 34.7 Å². The molecule has 1 saturated heterocycles. The van der Waals surface area contributed by atoms with Gasteiger partial charge in [0.2, 0.25) is 0 Å². The van der Waals surface area contributed by atoms with E-state index in [1.54, 1.807) is 12.1 Å². The molecule has 2 aromatic heterocycles. The molecule has 0 unspecified atom stereocenters. The van der Waals surface area contributed by atoms with Gasteiger partial charge in [-0.1, -0.05) is 24.3 Å². The maximum Gasteiger partial charge on any atom is 0.255 e. The van der Waals surface area contributed by atoms with Crippen molar-refractivity contribution in [1.82, 2.24) is 25.1 Å². The third-order valence-corrected chi connectivity index (χ3v) is 7.21. The molecule has 0 saturated carbocycles. The highest BCUT2D eigenvalue weighted by Crippen LogP contribution is 2.35. The first kappa shape index (κ1) is 25.9. The third kappa shape index (κ3) is 4.93. The van der Waals surface area contributed by atoms with Crippen LogP contribution in [0.5, 0.6) is 5.75 Å². The van der Waals surface area contributed by atoms with E-state index in [-0.39, 0.29) is 18.2 Å². The number of anilines is 2. The number of nitrogens with two attached hydrogens (primary N) is 1. The lowest BCUT2D eigenvalue weighted by Gasteiger charge is -2.41. The van der Waals surface area contributed by atoms with Crippen LogP contribution in [0.1, 0.15) is 32.3 Å². The highest BCUT2D eigenvalue weighted by Gasteiger charge is 2.32. The number of nitrogen functional groups attached to an aromatic ring is 1. The van der Waals surface area contributed by atoms with Crippen molar-refractivity contribution in [2.45, 2.75) is 12.6 Å². The number of carbonyl (C=O) groups excluding carboxylic acids is 2. The van der Waals surface area contributed by atoms with Gasteiger partial charge in [-0.25, -0.2) is 19.0 Å². The molecular formula is C30H26FN7O3. The van der Waals surface area contributed by atoms with E-state index in [1.807, 2.05) is 41.1 Å². The van der Waals surface area contributed by atoms with Gasteiger partial charge in [-0.15, -0.1) is 0 Å². The van der Waals surface area contributed by atoms with Crippen LogP contribution in [-0.4, -0.2) is 52.1 Å². The Hall–Kier alpha value is -5.32. The summed E-state index contributed by atoms with van der Waals surface area (Å²) < 4.78 is 20.8. The molecule has 206 valence electrons. The van der Waals surface area contributed by atoms with Gasteiger partial charge in [-0.2, -0.15) is 5.10 Å². The van der Waals surface area contributed by atoms with Crippen LogP contribution in [-0.2, 0) is 6.54 Å². The van der Waals surface area contributed by atoms with Gasteiger partial charge in [0.15, 0.2) is 5.65 Å². The number of carbonyl (C=O) groups is 2. The number of amides is 1. The topological polar surface area (TPSA) is 128 Å². The number of nitrogens with zero attached hydrogens (tertiary/aromatic N) is 5. The number of aldehydes is 1. The van der Waals surface area contributed by atoms with Gasteiger partial charge in [0.1, 0.15) is 35.7 Å². The van der Waals surface area contributed by atoms with Crippen molar-refractivity contribution in [3.05, 3.63) is 95.6 Å². The molecule has 0 radical (unpaired) electrons. The molecule has 1 fully saturated rings. The second kappa shape index (κ2) is 10.7. The van der Waals surface area contributed by atoms with Crippen LogP contribution in [0.4, 0.5) is 15.9 Å². The SMILES string of the molecule is COc1ccc(F)cc1C(=O)NCc1ccc(-c2nn(C3CN(c4ccc(C=O)cc4)C3)c3ncnc(N)c23)cc1. The summed E-state index contributed by atoms with van der Waals surface area (Å²) in [6.07, 6.45) is 2.27. The van der Waals surface area contributed by atoms with Crippen LogP contribution in [0.25, 0.3) is 22.3 Å². The van der Waals surface area contributed by atoms with Crippen molar-refractivity contribution in [1.29, 1.82) is 0 Å². The lowest BCUT2D eigenvalue weighted by molar-refractivity contribution is 0.0947. The molecule has 10 nitrogen and oxygen atoms in total. The van der Waals surface area contributed by atoms with Crippen LogP contribution >= 0.6 is 0 Å². The predicted octanol–water partition coefficient (Wildman–Crippen LogP) is 4.03. The zero-order valence-electron chi connectivity index (χ0n) is 22.1. The molecule has 5 aromatic rings. The van der Waals surface area contributed by atoms with E-state index in [2.05, 4.69) is 20.2 Å². The number of aromatic nitrogens is 4. The first-order valence-electron chi connectivity index (χ1n) is 12.9. The molecule has 1 aliphatic rings. The fraction of sp³-hybridized carbons (Fsp3) is 0.167. The molecule has 41 heavy (non-hydrogen) atoms. The van der Waals surface area contributed by atoms with Gasteiger partial charge in [0.25, 0.3) is 5.91 Å². The second-order valence-corrected chi connectivity index (χ2v) is 9.74. The molecular weight excluding hydrogens is 525 g/mol. The molecule has 11 heteroatoms. The first-order valence-corrected chi connectivity index (χ1v) is 12.9. The van der Waals surface area contributed by atoms with Gasteiger partial charge in [0.05, 0.1) is 24.1 Å². The largest absolute Gasteiger partial charge is 0.496 e. The molecule has 1 amide bonds. The molecule has 0 bridgehead atoms. The fourth-order valence-corrected chi connectivity index (χ4v) is 4.95. The minimum atomic E-state index is -0.516. The number of hydrogen-bond donors (Lipinski definition) is 2. The number of halogens is 1. The number of fused-ring (bicyclic) bond motifs is 1. The quantitative estimate of drug-likeness (QED) is 0.277. The van der Waals surface area contributed by atoms with E-state index in [1.165, 1.54) is 25.6 Å². The Bertz CT molecular complexity index is 1750. The summed E-state index contributed by atoms with van der Waals surface area (Å²) in [5.41, 5.74) is 11.1. The summed E-state index contributed by atoms with van der Waals surface area (Å²) in [6.45, 7) is 1.70. The normalized spacial score (nSPS) is 13.2. The van der Waals surface area contributed by atoms with Crippen LogP contribution in [0.2, 0.25) is 0 Å². The van der Waals surface area contributed by atoms with Gasteiger partial charge in [-0.3, -0.25) is 9.59 Å². The summed E-state index contributed by atoms with van der Waals surface area (Å²) >= 11 is 0. The maximum absolute atomic E-state index is 13.7. The van der Waals surface area contributed by atoms with E-state index in [0.717, 1.165) is 42.3 Å². The molecule has 0 aliphatic carbocycles. The van der Waals surface area contributed by atoms with Crippen molar-refractivity contribution < 1.29 is 18.7 Å². The number of hydrogen-bond acceptors (Lipinski definition) is 8. The predicted molar refractivity (Wildman–Crippen MR) is 152 cm³/mol. The van der Waals surface area contributed by atoms with Crippen molar-refractivity contribution in [3.63, 3.8) is 0 Å². The van der Waals surface area contributed by atoms with E-state index >= 15 is 0 Å². The van der Waals surface area contributed by atoms with Crippen molar-refractivity contribution in [2.24, 2.45) is 0 Å². The van der Waals surface area contributed by atoms with Crippen LogP contribution in [0.15, 0.2) is 73.1 Å². The van der Waals surface area contributed by atoms with E-state index in [0.29, 0.717) is 33.9 Å². The molecule has 3 heterocycles. The highest BCUT2D eigenvalue weighted by molar-refractivity contribution is 5.98. The molecule has 0 atom stereocenters. The molecule has 0 spiro atoms. The average Bonchev–Trinajstić information content (AvgIpc) is 3.36. The highest BCUT2D eigenvalue weighted by atomic mass is 19.1. The molecule has 6 rings (SSSR count). The number of ether oxygens (including phenoxy) is 1. The molecule has 3 aromatic carbocycles. The first-order chi connectivity index (χ1) is 19.9. The van der Waals surface area contributed by atoms with Crippen molar-refractivity contribution in [2.75, 3.05) is 30.8 Å². The number of methoxy groups -OCH3 is 1. The number of rotatable bonds is 8. The van der Waals surface area contributed by atoms with Gasteiger partial charge in [-0.05, 0) is 48.0 Å². The Morgan fingerprint density at radius 1 is 1.10 bits per heavy atom. The Kier molecular flexibility index (Phi) is 6.76. The summed E-state index contributed by atoms with van der Waals surface area (Å²) in [5.74, 6) is -0.309. The summed E-state index contributed by atoms with van der Waals surface area (Å²) in [4.78, 5) is 34.5. The zero-order chi connectivity index (χ0) is 28.5. The molecule has 3 N–H and O–H groups in total. The number of nitrogens with one attached hydrogen (secondary N) is 1. The summed E-state index contributed by atoms with van der Waals surface area (Å²) in [6, 6.07) is 19.0. The van der Waals surface area contributed by atoms with Crippen molar-refractivity contribution in [3.8, 4) is 17.0 Å². The Balaban J connectivity index is 1.20. The van der Waals surface area contributed by atoms with Crippen LogP contribution < -0.4 is 20.7 Å². The lowest BCUT2D eigenvalue weighted by atomic mass is 10.1. The van der Waals surface area contributed by atoms with Crippen LogP contribution in [0.3, 0.4) is 0 Å². The smallest absolute Gasteiger partial charge is 0.255 e. The van der Waals surface area contributed by atoms with Gasteiger partial charge >= 0.3 is 0 Å². The second-order valence-electron chi connectivity index (χ2n) is 9.74.